The highest BCUT2D eigenvalue weighted by Gasteiger charge is 2.08. The second-order valence-corrected chi connectivity index (χ2v) is 6.70. The van der Waals surface area contributed by atoms with E-state index in [1.807, 2.05) is 0 Å². The van der Waals surface area contributed by atoms with Crippen molar-refractivity contribution in [1.29, 1.82) is 0 Å². The first-order valence-electron chi connectivity index (χ1n) is 8.77. The Morgan fingerprint density at radius 1 is 0.826 bits per heavy atom. The molecule has 0 saturated heterocycles. The smallest absolute Gasteiger partial charge is 0.0149 e. The molecule has 0 saturated carbocycles. The van der Waals surface area contributed by atoms with Crippen LogP contribution in [0.25, 0.3) is 10.8 Å². The standard InChI is InChI=1S/C23H26/c1-18-9-7-12-20(17-18)11-4-3-10-19(2)22-16-8-14-21-13-5-6-15-23(21)22/h5-9,12-17,19H,3-4,10-11H2,1-2H3/t19-/m0/s1. The monoisotopic (exact) mass is 302 g/mol. The van der Waals surface area contributed by atoms with Gasteiger partial charge in [-0.2, -0.15) is 0 Å². The van der Waals surface area contributed by atoms with Crippen LogP contribution in [-0.4, -0.2) is 0 Å². The summed E-state index contributed by atoms with van der Waals surface area (Å²) in [5, 5.41) is 2.78. The molecule has 0 unspecified atom stereocenters. The van der Waals surface area contributed by atoms with Gasteiger partial charge in [0, 0.05) is 0 Å². The summed E-state index contributed by atoms with van der Waals surface area (Å²) in [5.74, 6) is 0.624. The van der Waals surface area contributed by atoms with Gasteiger partial charge in [0.25, 0.3) is 0 Å². The van der Waals surface area contributed by atoms with Gasteiger partial charge < -0.3 is 0 Å². The van der Waals surface area contributed by atoms with Gasteiger partial charge in [-0.05, 0) is 54.0 Å². The second-order valence-electron chi connectivity index (χ2n) is 6.70. The number of fused-ring (bicyclic) bond motifs is 1. The van der Waals surface area contributed by atoms with E-state index in [9.17, 15) is 0 Å². The lowest BCUT2D eigenvalue weighted by molar-refractivity contribution is 0.607. The summed E-state index contributed by atoms with van der Waals surface area (Å²) in [4.78, 5) is 0. The zero-order valence-corrected chi connectivity index (χ0v) is 14.3. The maximum absolute atomic E-state index is 2.37. The van der Waals surface area contributed by atoms with Gasteiger partial charge in [-0.1, -0.05) is 85.6 Å². The number of hydrogen-bond donors (Lipinski definition) is 0. The molecule has 3 aromatic carbocycles. The van der Waals surface area contributed by atoms with E-state index >= 15 is 0 Å². The Bertz CT molecular complexity index is 764. The Balaban J connectivity index is 1.57. The van der Waals surface area contributed by atoms with Crippen molar-refractivity contribution in [3.63, 3.8) is 0 Å². The van der Waals surface area contributed by atoms with Crippen molar-refractivity contribution in [1.82, 2.24) is 0 Å². The Morgan fingerprint density at radius 2 is 1.61 bits per heavy atom. The van der Waals surface area contributed by atoms with E-state index < -0.39 is 0 Å². The zero-order chi connectivity index (χ0) is 16.1. The van der Waals surface area contributed by atoms with E-state index in [1.165, 1.54) is 53.1 Å². The third-order valence-corrected chi connectivity index (χ3v) is 4.79. The number of hydrogen-bond acceptors (Lipinski definition) is 0. The highest BCUT2D eigenvalue weighted by Crippen LogP contribution is 2.29. The number of benzene rings is 3. The molecule has 0 heterocycles. The van der Waals surface area contributed by atoms with Crippen LogP contribution in [0.4, 0.5) is 0 Å². The first-order chi connectivity index (χ1) is 11.2. The molecule has 3 aromatic rings. The number of unbranched alkanes of at least 4 members (excludes halogenated alkanes) is 1. The number of aryl methyl sites for hydroxylation is 2. The molecular weight excluding hydrogens is 276 g/mol. The minimum atomic E-state index is 0.624. The van der Waals surface area contributed by atoms with Gasteiger partial charge in [0.05, 0.1) is 0 Å². The molecule has 0 spiro atoms. The van der Waals surface area contributed by atoms with Crippen molar-refractivity contribution in [3.8, 4) is 0 Å². The largest absolute Gasteiger partial charge is 0.0617 e. The Labute approximate surface area is 140 Å². The number of rotatable bonds is 6. The summed E-state index contributed by atoms with van der Waals surface area (Å²) in [6.07, 6.45) is 5.03. The van der Waals surface area contributed by atoms with Crippen LogP contribution < -0.4 is 0 Å². The molecule has 0 aliphatic heterocycles. The highest BCUT2D eigenvalue weighted by molar-refractivity contribution is 5.86. The van der Waals surface area contributed by atoms with E-state index in [1.54, 1.807) is 0 Å². The molecule has 0 bridgehead atoms. The molecule has 118 valence electrons. The van der Waals surface area contributed by atoms with Crippen molar-refractivity contribution >= 4 is 10.8 Å². The van der Waals surface area contributed by atoms with Crippen molar-refractivity contribution in [2.45, 2.75) is 45.4 Å². The van der Waals surface area contributed by atoms with Crippen LogP contribution in [0.1, 0.15) is 48.8 Å². The summed E-state index contributed by atoms with van der Waals surface area (Å²) in [5.41, 5.74) is 4.34. The SMILES string of the molecule is Cc1cccc(CCCC[C@H](C)c2cccc3ccccc23)c1. The normalized spacial score (nSPS) is 12.4. The first-order valence-corrected chi connectivity index (χ1v) is 8.77. The molecule has 0 N–H and O–H groups in total. The van der Waals surface area contributed by atoms with E-state index in [-0.39, 0.29) is 0 Å². The van der Waals surface area contributed by atoms with E-state index in [0.717, 1.165) is 0 Å². The van der Waals surface area contributed by atoms with Crippen molar-refractivity contribution < 1.29 is 0 Å². The van der Waals surface area contributed by atoms with Crippen LogP contribution in [0.3, 0.4) is 0 Å². The second kappa shape index (κ2) is 7.46. The van der Waals surface area contributed by atoms with Crippen LogP contribution in [-0.2, 0) is 6.42 Å². The molecule has 0 nitrogen and oxygen atoms in total. The zero-order valence-electron chi connectivity index (χ0n) is 14.3. The summed E-state index contributed by atoms with van der Waals surface area (Å²) < 4.78 is 0. The quantitative estimate of drug-likeness (QED) is 0.446. The van der Waals surface area contributed by atoms with E-state index in [0.29, 0.717) is 5.92 Å². The Morgan fingerprint density at radius 3 is 2.48 bits per heavy atom. The summed E-state index contributed by atoms with van der Waals surface area (Å²) in [6, 6.07) is 24.4. The lowest BCUT2D eigenvalue weighted by atomic mass is 9.90. The van der Waals surface area contributed by atoms with Gasteiger partial charge in [-0.3, -0.25) is 0 Å². The first kappa shape index (κ1) is 15.8. The molecule has 0 fully saturated rings. The summed E-state index contributed by atoms with van der Waals surface area (Å²) in [6.45, 7) is 4.54. The van der Waals surface area contributed by atoms with Gasteiger partial charge in [0.15, 0.2) is 0 Å². The van der Waals surface area contributed by atoms with Crippen LogP contribution in [0, 0.1) is 6.92 Å². The van der Waals surface area contributed by atoms with Crippen LogP contribution in [0.2, 0.25) is 0 Å². The van der Waals surface area contributed by atoms with Crippen molar-refractivity contribution in [2.75, 3.05) is 0 Å². The molecule has 0 aliphatic rings. The maximum Gasteiger partial charge on any atom is -0.0149 e. The van der Waals surface area contributed by atoms with E-state index in [2.05, 4.69) is 80.6 Å². The predicted molar refractivity (Wildman–Crippen MR) is 101 cm³/mol. The van der Waals surface area contributed by atoms with Gasteiger partial charge in [-0.15, -0.1) is 0 Å². The topological polar surface area (TPSA) is 0 Å². The molecule has 1 atom stereocenters. The van der Waals surface area contributed by atoms with Crippen molar-refractivity contribution in [2.24, 2.45) is 0 Å². The fourth-order valence-corrected chi connectivity index (χ4v) is 3.48. The lowest BCUT2D eigenvalue weighted by Crippen LogP contribution is -1.96. The fourth-order valence-electron chi connectivity index (χ4n) is 3.48. The molecule has 0 radical (unpaired) electrons. The minimum Gasteiger partial charge on any atom is -0.0617 e. The summed E-state index contributed by atoms with van der Waals surface area (Å²) in [7, 11) is 0. The molecule has 0 heteroatoms. The average molecular weight is 302 g/mol. The molecular formula is C23H26. The van der Waals surface area contributed by atoms with Gasteiger partial charge >= 0.3 is 0 Å². The molecule has 23 heavy (non-hydrogen) atoms. The van der Waals surface area contributed by atoms with Gasteiger partial charge in [-0.25, -0.2) is 0 Å². The maximum atomic E-state index is 2.37. The fraction of sp³-hybridized carbons (Fsp3) is 0.304. The molecule has 3 rings (SSSR count). The molecule has 0 aliphatic carbocycles. The van der Waals surface area contributed by atoms with Crippen molar-refractivity contribution in [3.05, 3.63) is 83.4 Å². The third-order valence-electron chi connectivity index (χ3n) is 4.79. The highest BCUT2D eigenvalue weighted by atomic mass is 14.1. The van der Waals surface area contributed by atoms with Crippen LogP contribution in [0.5, 0.6) is 0 Å². The van der Waals surface area contributed by atoms with Gasteiger partial charge in [0.2, 0.25) is 0 Å². The van der Waals surface area contributed by atoms with Gasteiger partial charge in [0.1, 0.15) is 0 Å². The third kappa shape index (κ3) is 4.01. The van der Waals surface area contributed by atoms with E-state index in [4.69, 9.17) is 0 Å². The lowest BCUT2D eigenvalue weighted by Gasteiger charge is -2.14. The Hall–Kier alpha value is -2.08. The summed E-state index contributed by atoms with van der Waals surface area (Å²) >= 11 is 0. The average Bonchev–Trinajstić information content (AvgIpc) is 2.58. The molecule has 0 aromatic heterocycles. The Kier molecular flexibility index (Phi) is 5.12. The molecule has 0 amide bonds. The van der Waals surface area contributed by atoms with Crippen LogP contribution in [0.15, 0.2) is 66.7 Å². The minimum absolute atomic E-state index is 0.624. The van der Waals surface area contributed by atoms with Crippen LogP contribution >= 0.6 is 0 Å². The predicted octanol–water partition coefficient (Wildman–Crippen LogP) is 6.66.